The fraction of sp³-hybridized carbons (Fsp3) is 0.0163. The molecule has 0 aliphatic rings. The lowest BCUT2D eigenvalue weighted by Crippen LogP contribution is -2.00. The second-order valence-corrected chi connectivity index (χ2v) is 32.6. The predicted octanol–water partition coefficient (Wildman–Crippen LogP) is 32.2. The van der Waals surface area contributed by atoms with E-state index in [1.807, 2.05) is 24.3 Å². The normalized spacial score (nSPS) is 11.2. The van der Waals surface area contributed by atoms with E-state index in [0.29, 0.717) is 23.3 Å². The van der Waals surface area contributed by atoms with Crippen LogP contribution in [0.25, 0.3) is 234 Å². The standard InChI is InChI=1S/C61H40N4.C60H39N5.2CH4/c1-4-14-41(15-5-1)43-24-30-47(31-25-43)55-40-56(48-32-26-44(27-33-48)42-16-6-2-7-17-42)64-61(63-55)50-34-28-45(29-35-50)46-36-38-51(39-37-46)65-57-23-13-11-21-53(57)58-59(49-18-8-3-9-19-49)62-54-22-12-10-20-52(54)60(58)65;1-4-14-40(15-5-1)42-24-30-47(31-25-42)58-62-59(48-32-26-43(27-33-48)41-16-6-2-7-17-41)64-60(63-58)49-34-28-44(29-35-49)45-36-38-50(39-37-45)65-54-23-13-11-21-52(54)55-56(46-18-8-3-9-19-46)61-53-22-12-10-20-51(53)57(55)65;;/h1-40H;1-39H;2*1H4. The molecule has 0 atom stereocenters. The van der Waals surface area contributed by atoms with Gasteiger partial charge >= 0.3 is 0 Å². The molecule has 6 aromatic heterocycles. The highest BCUT2D eigenvalue weighted by molar-refractivity contribution is 6.24. The first-order valence-electron chi connectivity index (χ1n) is 43.9. The van der Waals surface area contributed by atoms with Gasteiger partial charge in [-0.25, -0.2) is 34.9 Å². The van der Waals surface area contributed by atoms with E-state index >= 15 is 0 Å². The van der Waals surface area contributed by atoms with Gasteiger partial charge in [-0.05, 0) is 121 Å². The Morgan fingerprint density at radius 2 is 0.356 bits per heavy atom. The molecule has 0 N–H and O–H groups in total. The fourth-order valence-corrected chi connectivity index (χ4v) is 18.2. The maximum absolute atomic E-state index is 5.26. The third kappa shape index (κ3) is 15.7. The van der Waals surface area contributed by atoms with Crippen molar-refractivity contribution in [3.8, 4) is 169 Å². The highest BCUT2D eigenvalue weighted by Crippen LogP contribution is 2.45. The summed E-state index contributed by atoms with van der Waals surface area (Å²) in [6.45, 7) is 0. The van der Waals surface area contributed by atoms with Crippen molar-refractivity contribution >= 4 is 65.4 Å². The Morgan fingerprint density at radius 1 is 0.152 bits per heavy atom. The summed E-state index contributed by atoms with van der Waals surface area (Å²) in [6.07, 6.45) is 0. The second-order valence-electron chi connectivity index (χ2n) is 32.6. The van der Waals surface area contributed by atoms with Crippen LogP contribution in [0.15, 0.2) is 479 Å². The van der Waals surface area contributed by atoms with E-state index in [9.17, 15) is 0 Å². The molecular formula is C123H87N9. The lowest BCUT2D eigenvalue weighted by atomic mass is 10.00. The Bertz CT molecular complexity index is 7570. The van der Waals surface area contributed by atoms with Crippen molar-refractivity contribution in [2.75, 3.05) is 0 Å². The SMILES string of the molecule is C.C.c1ccc(-c2ccc(-c3cc(-c4ccc(-c5ccccc5)cc4)nc(-c4ccc(-c5ccc(-n6c7ccccc7c7c(-c8ccccc8)nc8ccccc8c76)cc5)cc4)n3)cc2)cc1.c1ccc(-c2ccc(-c3nc(-c4ccc(-c5ccccc5)cc4)nc(-c4ccc(-c5ccc(-n6c7ccccc7c7c(-c8ccccc8)nc8ccccc8c76)cc5)cc4)n3)cc2)cc1. The topological polar surface area (TPSA) is 100 Å². The highest BCUT2D eigenvalue weighted by atomic mass is 15.0. The van der Waals surface area contributed by atoms with Gasteiger partial charge in [0, 0.05) is 88.2 Å². The van der Waals surface area contributed by atoms with Crippen LogP contribution in [-0.2, 0) is 0 Å². The number of rotatable bonds is 16. The molecule has 6 heterocycles. The Kier molecular flexibility index (Phi) is 22.1. The van der Waals surface area contributed by atoms with Crippen LogP contribution in [0.2, 0.25) is 0 Å². The molecule has 0 bridgehead atoms. The molecule has 0 spiro atoms. The molecule has 0 unspecified atom stereocenters. The molecule has 0 saturated heterocycles. The summed E-state index contributed by atoms with van der Waals surface area (Å²) in [5.74, 6) is 2.55. The van der Waals surface area contributed by atoms with Gasteiger partial charge in [-0.1, -0.05) is 439 Å². The maximum Gasteiger partial charge on any atom is 0.164 e. The zero-order valence-electron chi connectivity index (χ0n) is 70.6. The molecule has 624 valence electrons. The van der Waals surface area contributed by atoms with Crippen molar-refractivity contribution in [1.29, 1.82) is 0 Å². The molecule has 0 amide bonds. The number of benzene rings is 18. The lowest BCUT2D eigenvalue weighted by molar-refractivity contribution is 1.07. The number of pyridine rings is 2. The summed E-state index contributed by atoms with van der Waals surface area (Å²) < 4.78 is 4.80. The van der Waals surface area contributed by atoms with Crippen molar-refractivity contribution in [2.24, 2.45) is 0 Å². The molecule has 24 rings (SSSR count). The summed E-state index contributed by atoms with van der Waals surface area (Å²) >= 11 is 0. The number of fused-ring (bicyclic) bond motifs is 10. The molecule has 0 radical (unpaired) electrons. The Morgan fingerprint density at radius 3 is 0.636 bits per heavy atom. The largest absolute Gasteiger partial charge is 0.308 e. The lowest BCUT2D eigenvalue weighted by Gasteiger charge is -2.13. The fourth-order valence-electron chi connectivity index (χ4n) is 18.2. The number of aromatic nitrogens is 9. The monoisotopic (exact) mass is 1690 g/mol. The van der Waals surface area contributed by atoms with Gasteiger partial charge in [-0.2, -0.15) is 0 Å². The minimum absolute atomic E-state index is 0. The third-order valence-corrected chi connectivity index (χ3v) is 24.7. The Balaban J connectivity index is 0.000000157. The first-order chi connectivity index (χ1) is 64.4. The molecule has 24 aromatic rings. The van der Waals surface area contributed by atoms with Gasteiger partial charge in [0.05, 0.1) is 55.9 Å². The molecular weight excluding hydrogens is 1600 g/mol. The minimum atomic E-state index is 0. The summed E-state index contributed by atoms with van der Waals surface area (Å²) in [7, 11) is 0. The Hall–Kier alpha value is -17.5. The summed E-state index contributed by atoms with van der Waals surface area (Å²) in [5, 5.41) is 6.92. The molecule has 0 aliphatic heterocycles. The van der Waals surface area contributed by atoms with E-state index in [2.05, 4.69) is 464 Å². The van der Waals surface area contributed by atoms with Crippen LogP contribution in [0.1, 0.15) is 14.9 Å². The van der Waals surface area contributed by atoms with Crippen molar-refractivity contribution in [3.63, 3.8) is 0 Å². The van der Waals surface area contributed by atoms with E-state index in [1.54, 1.807) is 0 Å². The molecule has 132 heavy (non-hydrogen) atoms. The average molecular weight is 1690 g/mol. The van der Waals surface area contributed by atoms with Crippen LogP contribution in [0.4, 0.5) is 0 Å². The number of hydrogen-bond donors (Lipinski definition) is 0. The van der Waals surface area contributed by atoms with Crippen LogP contribution in [-0.4, -0.2) is 44.0 Å². The predicted molar refractivity (Wildman–Crippen MR) is 551 cm³/mol. The smallest absolute Gasteiger partial charge is 0.164 e. The van der Waals surface area contributed by atoms with Crippen LogP contribution in [0.3, 0.4) is 0 Å². The molecule has 9 nitrogen and oxygen atoms in total. The molecule has 18 aromatic carbocycles. The summed E-state index contributed by atoms with van der Waals surface area (Å²) in [5.41, 5.74) is 34.3. The van der Waals surface area contributed by atoms with Crippen LogP contribution in [0, 0.1) is 0 Å². The first-order valence-corrected chi connectivity index (χ1v) is 43.9. The molecule has 0 saturated carbocycles. The number of hydrogen-bond acceptors (Lipinski definition) is 7. The zero-order chi connectivity index (χ0) is 86.2. The summed E-state index contributed by atoms with van der Waals surface area (Å²) in [6, 6.07) is 168. The third-order valence-electron chi connectivity index (χ3n) is 24.7. The Labute approximate surface area is 767 Å². The van der Waals surface area contributed by atoms with Crippen LogP contribution >= 0.6 is 0 Å². The first kappa shape index (κ1) is 81.5. The maximum atomic E-state index is 5.26. The molecule has 0 aliphatic carbocycles. The van der Waals surface area contributed by atoms with Crippen LogP contribution in [0.5, 0.6) is 0 Å². The van der Waals surface area contributed by atoms with E-state index in [4.69, 9.17) is 34.9 Å². The minimum Gasteiger partial charge on any atom is -0.308 e. The van der Waals surface area contributed by atoms with Crippen LogP contribution < -0.4 is 0 Å². The van der Waals surface area contributed by atoms with Crippen molar-refractivity contribution in [3.05, 3.63) is 479 Å². The number of para-hydroxylation sites is 4. The van der Waals surface area contributed by atoms with E-state index in [-0.39, 0.29) is 14.9 Å². The van der Waals surface area contributed by atoms with Gasteiger partial charge in [0.2, 0.25) is 0 Å². The van der Waals surface area contributed by atoms with Gasteiger partial charge < -0.3 is 9.13 Å². The van der Waals surface area contributed by atoms with E-state index in [1.165, 1.54) is 44.2 Å². The van der Waals surface area contributed by atoms with Gasteiger partial charge in [-0.15, -0.1) is 0 Å². The number of nitrogens with zero attached hydrogens (tertiary/aromatic N) is 9. The van der Waals surface area contributed by atoms with E-state index < -0.39 is 0 Å². The van der Waals surface area contributed by atoms with Crippen molar-refractivity contribution in [2.45, 2.75) is 14.9 Å². The zero-order valence-corrected chi connectivity index (χ0v) is 70.6. The average Bonchev–Trinajstić information content (AvgIpc) is 1.56. The summed E-state index contributed by atoms with van der Waals surface area (Å²) in [4.78, 5) is 36.1. The molecule has 0 fully saturated rings. The van der Waals surface area contributed by atoms with Gasteiger partial charge in [0.1, 0.15) is 0 Å². The van der Waals surface area contributed by atoms with E-state index in [0.717, 1.165) is 167 Å². The van der Waals surface area contributed by atoms with Crippen molar-refractivity contribution in [1.82, 2.24) is 44.0 Å². The van der Waals surface area contributed by atoms with Gasteiger partial charge in [0.15, 0.2) is 23.3 Å². The highest BCUT2D eigenvalue weighted by Gasteiger charge is 2.25. The van der Waals surface area contributed by atoms with Crippen molar-refractivity contribution < 1.29 is 0 Å². The quantitative estimate of drug-likeness (QED) is 0.0950. The van der Waals surface area contributed by atoms with Gasteiger partial charge in [0.25, 0.3) is 0 Å². The van der Waals surface area contributed by atoms with Gasteiger partial charge in [-0.3, -0.25) is 0 Å². The molecule has 9 heteroatoms. The second kappa shape index (κ2) is 35.7.